The van der Waals surface area contributed by atoms with Crippen molar-refractivity contribution in [2.75, 3.05) is 0 Å². The first kappa shape index (κ1) is 12.9. The summed E-state index contributed by atoms with van der Waals surface area (Å²) in [6.45, 7) is 5.17. The lowest BCUT2D eigenvalue weighted by molar-refractivity contribution is 0.454. The molecule has 4 heteroatoms. The van der Waals surface area contributed by atoms with Gasteiger partial charge in [-0.1, -0.05) is 0 Å². The summed E-state index contributed by atoms with van der Waals surface area (Å²) in [6.07, 6.45) is 5.87. The zero-order valence-corrected chi connectivity index (χ0v) is 12.4. The normalized spacial score (nSPS) is 18.8. The quantitative estimate of drug-likeness (QED) is 0.922. The summed E-state index contributed by atoms with van der Waals surface area (Å²) in [4.78, 5) is 1.57. The van der Waals surface area contributed by atoms with E-state index < -0.39 is 0 Å². The highest BCUT2D eigenvalue weighted by molar-refractivity contribution is 7.10. The molecule has 2 aromatic heterocycles. The van der Waals surface area contributed by atoms with Crippen molar-refractivity contribution >= 4 is 11.3 Å². The molecule has 3 nitrogen and oxygen atoms in total. The van der Waals surface area contributed by atoms with Crippen LogP contribution in [0.2, 0.25) is 0 Å². The molecule has 0 amide bonds. The topological polar surface area (TPSA) is 29.9 Å². The minimum absolute atomic E-state index is 0.437. The Morgan fingerprint density at radius 3 is 3.16 bits per heavy atom. The van der Waals surface area contributed by atoms with E-state index in [1.54, 1.807) is 4.88 Å². The molecule has 0 spiro atoms. The molecule has 1 unspecified atom stereocenters. The second-order valence-corrected chi connectivity index (χ2v) is 6.51. The van der Waals surface area contributed by atoms with Gasteiger partial charge in [0.15, 0.2) is 0 Å². The van der Waals surface area contributed by atoms with Gasteiger partial charge in [-0.05, 0) is 56.2 Å². The van der Waals surface area contributed by atoms with E-state index in [1.807, 2.05) is 16.0 Å². The Bertz CT molecular complexity index is 541. The number of fused-ring (bicyclic) bond motifs is 1. The summed E-state index contributed by atoms with van der Waals surface area (Å²) in [6, 6.07) is 5.35. The number of hydrogen-bond acceptors (Lipinski definition) is 3. The third kappa shape index (κ3) is 2.74. The van der Waals surface area contributed by atoms with Crippen LogP contribution < -0.4 is 5.32 Å². The van der Waals surface area contributed by atoms with E-state index >= 15 is 0 Å². The summed E-state index contributed by atoms with van der Waals surface area (Å²) in [5, 5.41) is 10.5. The molecule has 1 N–H and O–H groups in total. The van der Waals surface area contributed by atoms with Gasteiger partial charge in [-0.3, -0.25) is 4.68 Å². The zero-order chi connectivity index (χ0) is 13.2. The molecule has 2 aromatic rings. The lowest BCUT2D eigenvalue weighted by atomic mass is 9.94. The molecule has 0 saturated heterocycles. The highest BCUT2D eigenvalue weighted by Gasteiger charge is 2.20. The molecule has 1 aliphatic carbocycles. The van der Waals surface area contributed by atoms with Crippen molar-refractivity contribution in [1.29, 1.82) is 0 Å². The van der Waals surface area contributed by atoms with Crippen molar-refractivity contribution in [2.45, 2.75) is 51.7 Å². The smallest absolute Gasteiger partial charge is 0.0762 e. The minimum atomic E-state index is 0.437. The summed E-state index contributed by atoms with van der Waals surface area (Å²) in [5.41, 5.74) is 2.65. The van der Waals surface area contributed by atoms with Gasteiger partial charge < -0.3 is 5.32 Å². The van der Waals surface area contributed by atoms with Crippen LogP contribution in [0.25, 0.3) is 0 Å². The Morgan fingerprint density at radius 2 is 2.37 bits per heavy atom. The molecule has 2 heterocycles. The van der Waals surface area contributed by atoms with Crippen molar-refractivity contribution in [3.05, 3.63) is 39.8 Å². The van der Waals surface area contributed by atoms with Gasteiger partial charge in [-0.2, -0.15) is 5.10 Å². The fourth-order valence-electron chi connectivity index (χ4n) is 2.69. The number of thiophene rings is 1. The van der Waals surface area contributed by atoms with Crippen LogP contribution in [0.1, 0.15) is 54.9 Å². The number of aromatic nitrogens is 2. The van der Waals surface area contributed by atoms with E-state index in [9.17, 15) is 0 Å². The standard InChI is InChI=1S/C15H21N3S/c1-11(2)18-8-6-12(17-18)10-16-14-4-3-5-15-13(14)7-9-19-15/h6-9,11,14,16H,3-5,10H2,1-2H3. The Morgan fingerprint density at radius 1 is 1.47 bits per heavy atom. The van der Waals surface area contributed by atoms with E-state index in [4.69, 9.17) is 0 Å². The van der Waals surface area contributed by atoms with Crippen LogP contribution in [0, 0.1) is 0 Å². The van der Waals surface area contributed by atoms with Crippen LogP contribution in [0.15, 0.2) is 23.7 Å². The van der Waals surface area contributed by atoms with E-state index in [2.05, 4.69) is 48.0 Å². The van der Waals surface area contributed by atoms with Crippen molar-refractivity contribution in [1.82, 2.24) is 15.1 Å². The molecule has 0 fully saturated rings. The SMILES string of the molecule is CC(C)n1ccc(CNC2CCCc3sccc32)n1. The van der Waals surface area contributed by atoms with Crippen LogP contribution in [-0.4, -0.2) is 9.78 Å². The molecule has 0 aromatic carbocycles. The maximum absolute atomic E-state index is 4.59. The van der Waals surface area contributed by atoms with E-state index in [-0.39, 0.29) is 0 Å². The fraction of sp³-hybridized carbons (Fsp3) is 0.533. The van der Waals surface area contributed by atoms with Crippen molar-refractivity contribution in [2.24, 2.45) is 0 Å². The molecule has 0 radical (unpaired) electrons. The molecule has 3 rings (SSSR count). The average Bonchev–Trinajstić information content (AvgIpc) is 3.05. The molecule has 19 heavy (non-hydrogen) atoms. The van der Waals surface area contributed by atoms with E-state index in [0.717, 1.165) is 12.2 Å². The Labute approximate surface area is 118 Å². The largest absolute Gasteiger partial charge is 0.304 e. The number of aryl methyl sites for hydroxylation is 1. The zero-order valence-electron chi connectivity index (χ0n) is 11.6. The van der Waals surface area contributed by atoms with Gasteiger partial charge in [-0.15, -0.1) is 11.3 Å². The third-order valence-corrected chi connectivity index (χ3v) is 4.77. The van der Waals surface area contributed by atoms with Gasteiger partial charge in [-0.25, -0.2) is 0 Å². The van der Waals surface area contributed by atoms with Crippen LogP contribution in [-0.2, 0) is 13.0 Å². The molecule has 0 aliphatic heterocycles. The lowest BCUT2D eigenvalue weighted by Gasteiger charge is -2.23. The predicted molar refractivity (Wildman–Crippen MR) is 79.4 cm³/mol. The van der Waals surface area contributed by atoms with Gasteiger partial charge in [0.2, 0.25) is 0 Å². The molecule has 1 aliphatic rings. The average molecular weight is 275 g/mol. The number of hydrogen-bond donors (Lipinski definition) is 1. The van der Waals surface area contributed by atoms with Gasteiger partial charge in [0, 0.05) is 29.7 Å². The van der Waals surface area contributed by atoms with E-state index in [0.29, 0.717) is 12.1 Å². The Kier molecular flexibility index (Phi) is 3.71. The van der Waals surface area contributed by atoms with Crippen LogP contribution in [0.4, 0.5) is 0 Å². The van der Waals surface area contributed by atoms with Crippen molar-refractivity contribution in [3.63, 3.8) is 0 Å². The maximum Gasteiger partial charge on any atom is 0.0762 e. The molecule has 1 atom stereocenters. The molecular weight excluding hydrogens is 254 g/mol. The van der Waals surface area contributed by atoms with Crippen molar-refractivity contribution < 1.29 is 0 Å². The molecule has 0 bridgehead atoms. The first-order chi connectivity index (χ1) is 9.24. The van der Waals surface area contributed by atoms with Crippen LogP contribution in [0.3, 0.4) is 0 Å². The van der Waals surface area contributed by atoms with Gasteiger partial charge in [0.05, 0.1) is 5.69 Å². The second-order valence-electron chi connectivity index (χ2n) is 5.51. The number of nitrogens with one attached hydrogen (secondary N) is 1. The first-order valence-corrected chi connectivity index (χ1v) is 7.95. The van der Waals surface area contributed by atoms with Gasteiger partial charge >= 0.3 is 0 Å². The highest BCUT2D eigenvalue weighted by Crippen LogP contribution is 2.33. The number of rotatable bonds is 4. The first-order valence-electron chi connectivity index (χ1n) is 7.07. The minimum Gasteiger partial charge on any atom is -0.304 e. The fourth-order valence-corrected chi connectivity index (χ4v) is 3.67. The Hall–Kier alpha value is -1.13. The summed E-state index contributed by atoms with van der Waals surface area (Å²) in [7, 11) is 0. The van der Waals surface area contributed by atoms with Crippen LogP contribution in [0.5, 0.6) is 0 Å². The summed E-state index contributed by atoms with van der Waals surface area (Å²) >= 11 is 1.90. The highest BCUT2D eigenvalue weighted by atomic mass is 32.1. The lowest BCUT2D eigenvalue weighted by Crippen LogP contribution is -2.24. The maximum atomic E-state index is 4.59. The molecule has 0 saturated carbocycles. The van der Waals surface area contributed by atoms with Gasteiger partial charge in [0.1, 0.15) is 0 Å². The molecular formula is C15H21N3S. The molecule has 102 valence electrons. The van der Waals surface area contributed by atoms with Gasteiger partial charge in [0.25, 0.3) is 0 Å². The second kappa shape index (κ2) is 5.47. The van der Waals surface area contributed by atoms with Crippen LogP contribution >= 0.6 is 11.3 Å². The Balaban J connectivity index is 1.64. The van der Waals surface area contributed by atoms with E-state index in [1.165, 1.54) is 24.8 Å². The predicted octanol–water partition coefficient (Wildman–Crippen LogP) is 3.69. The van der Waals surface area contributed by atoms with Crippen molar-refractivity contribution in [3.8, 4) is 0 Å². The third-order valence-electron chi connectivity index (χ3n) is 3.77. The number of nitrogens with zero attached hydrogens (tertiary/aromatic N) is 2. The summed E-state index contributed by atoms with van der Waals surface area (Å²) in [5.74, 6) is 0. The monoisotopic (exact) mass is 275 g/mol. The summed E-state index contributed by atoms with van der Waals surface area (Å²) < 4.78 is 2.02.